The average molecular weight is 146 g/mol. The van der Waals surface area contributed by atoms with Gasteiger partial charge in [-0.1, -0.05) is 32.9 Å². The van der Waals surface area contributed by atoms with Crippen LogP contribution in [0.2, 0.25) is 0 Å². The van der Waals surface area contributed by atoms with Crippen LogP contribution >= 0.6 is 0 Å². The molecule has 0 spiro atoms. The second kappa shape index (κ2) is 6.78. The Morgan fingerprint density at radius 3 is 1.70 bits per heavy atom. The quantitative estimate of drug-likeness (QED) is 0.586. The molecule has 0 aromatic carbocycles. The fourth-order valence-corrected chi connectivity index (χ4v) is 0.569. The van der Waals surface area contributed by atoms with Crippen molar-refractivity contribution in [2.75, 3.05) is 0 Å². The van der Waals surface area contributed by atoms with E-state index in [1.807, 2.05) is 0 Å². The van der Waals surface area contributed by atoms with E-state index in [1.54, 1.807) is 0 Å². The second-order valence-corrected chi connectivity index (χ2v) is 2.84. The molecule has 0 unspecified atom stereocenters. The van der Waals surface area contributed by atoms with Crippen molar-refractivity contribution in [3.05, 3.63) is 12.2 Å². The van der Waals surface area contributed by atoms with Crippen LogP contribution in [0.25, 0.3) is 0 Å². The highest BCUT2D eigenvalue weighted by Crippen LogP contribution is 2.20. The predicted octanol–water partition coefficient (Wildman–Crippen LogP) is 3.32. The normalized spacial score (nSPS) is 10.4. The number of hydrogen-bond donors (Lipinski definition) is 2. The molecule has 0 heterocycles. The van der Waals surface area contributed by atoms with Gasteiger partial charge in [0.1, 0.15) is 0 Å². The molecule has 0 aliphatic rings. The fourth-order valence-electron chi connectivity index (χ4n) is 0.569. The minimum Gasteiger partial charge on any atom is -0.344 e. The van der Waals surface area contributed by atoms with E-state index in [0.29, 0.717) is 5.41 Å². The first-order chi connectivity index (χ1) is 3.62. The van der Waals surface area contributed by atoms with E-state index >= 15 is 0 Å². The summed E-state index contributed by atoms with van der Waals surface area (Å²) in [5.41, 5.74) is 0.411. The fraction of sp³-hybridized carbons (Fsp3) is 0.750. The van der Waals surface area contributed by atoms with E-state index in [9.17, 15) is 0 Å². The zero-order chi connectivity index (χ0) is 6.62. The summed E-state index contributed by atoms with van der Waals surface area (Å²) in [6.45, 7) is 8.76. The molecular formula is C8H22N2. The third kappa shape index (κ3) is 7.66. The largest absolute Gasteiger partial charge is 0.344 e. The maximum Gasteiger partial charge on any atom is -0.0178 e. The third-order valence-corrected chi connectivity index (χ3v) is 1.53. The summed E-state index contributed by atoms with van der Waals surface area (Å²) in [6, 6.07) is 0. The minimum atomic E-state index is 0. The molecule has 0 amide bonds. The van der Waals surface area contributed by atoms with Gasteiger partial charge in [-0.3, -0.25) is 0 Å². The first-order valence-electron chi connectivity index (χ1n) is 3.26. The first kappa shape index (κ1) is 16.3. The van der Waals surface area contributed by atoms with Crippen LogP contribution in [-0.2, 0) is 0 Å². The molecule has 0 radical (unpaired) electrons. The molecule has 2 nitrogen and oxygen atoms in total. The van der Waals surface area contributed by atoms with Crippen LogP contribution in [-0.4, -0.2) is 0 Å². The van der Waals surface area contributed by atoms with Gasteiger partial charge in [0.15, 0.2) is 0 Å². The smallest absolute Gasteiger partial charge is 0.0178 e. The Kier molecular flexibility index (Phi) is 11.1. The number of rotatable bonds is 2. The second-order valence-electron chi connectivity index (χ2n) is 2.84. The lowest BCUT2D eigenvalue weighted by molar-refractivity contribution is 0.461. The number of hydrogen-bond acceptors (Lipinski definition) is 2. The molecule has 0 aromatic heterocycles. The van der Waals surface area contributed by atoms with Crippen molar-refractivity contribution in [2.24, 2.45) is 5.41 Å². The van der Waals surface area contributed by atoms with Crippen molar-refractivity contribution in [1.82, 2.24) is 12.3 Å². The summed E-state index contributed by atoms with van der Waals surface area (Å²) in [6.07, 6.45) is 5.58. The molecule has 0 atom stereocenters. The van der Waals surface area contributed by atoms with E-state index in [0.717, 1.165) is 0 Å². The van der Waals surface area contributed by atoms with Crippen LogP contribution in [0.4, 0.5) is 0 Å². The third-order valence-electron chi connectivity index (χ3n) is 1.53. The highest BCUT2D eigenvalue weighted by Gasteiger charge is 2.07. The Bertz CT molecular complexity index is 85.3. The Morgan fingerprint density at radius 2 is 1.60 bits per heavy atom. The monoisotopic (exact) mass is 146 g/mol. The van der Waals surface area contributed by atoms with Gasteiger partial charge < -0.3 is 12.3 Å². The molecule has 6 N–H and O–H groups in total. The lowest BCUT2D eigenvalue weighted by Crippen LogP contribution is -2.03. The van der Waals surface area contributed by atoms with Crippen LogP contribution in [0.1, 0.15) is 34.1 Å². The van der Waals surface area contributed by atoms with Gasteiger partial charge in [0, 0.05) is 0 Å². The highest BCUT2D eigenvalue weighted by molar-refractivity contribution is 4.91. The van der Waals surface area contributed by atoms with Crippen LogP contribution in [0.3, 0.4) is 0 Å². The lowest BCUT2D eigenvalue weighted by atomic mass is 9.90. The summed E-state index contributed by atoms with van der Waals surface area (Å²) in [5.74, 6) is 0. The molecule has 0 rings (SSSR count). The van der Waals surface area contributed by atoms with Gasteiger partial charge in [-0.25, -0.2) is 0 Å². The molecule has 64 valence electrons. The van der Waals surface area contributed by atoms with Crippen molar-refractivity contribution >= 4 is 0 Å². The van der Waals surface area contributed by atoms with Crippen molar-refractivity contribution in [1.29, 1.82) is 0 Å². The molecule has 0 fully saturated rings. The van der Waals surface area contributed by atoms with Crippen molar-refractivity contribution in [3.63, 3.8) is 0 Å². The van der Waals surface area contributed by atoms with Crippen LogP contribution < -0.4 is 12.3 Å². The first-order valence-corrected chi connectivity index (χ1v) is 3.26. The summed E-state index contributed by atoms with van der Waals surface area (Å²) in [7, 11) is 0. The average Bonchev–Trinajstić information content (AvgIpc) is 1.67. The number of allylic oxidation sites excluding steroid dienone is 2. The SMILES string of the molecule is C/C=C/C(C)(C)CC.N.N. The van der Waals surface area contributed by atoms with Crippen LogP contribution in [0.15, 0.2) is 12.2 Å². The lowest BCUT2D eigenvalue weighted by Gasteiger charge is -2.15. The van der Waals surface area contributed by atoms with E-state index < -0.39 is 0 Å². The molecule has 0 aliphatic heterocycles. The van der Waals surface area contributed by atoms with Gasteiger partial charge in [0.05, 0.1) is 0 Å². The van der Waals surface area contributed by atoms with E-state index in [1.165, 1.54) is 6.42 Å². The topological polar surface area (TPSA) is 70.0 Å². The Labute approximate surface area is 64.9 Å². The van der Waals surface area contributed by atoms with E-state index in [-0.39, 0.29) is 12.3 Å². The Balaban J connectivity index is -0.000000245. The van der Waals surface area contributed by atoms with Gasteiger partial charge in [0.2, 0.25) is 0 Å². The van der Waals surface area contributed by atoms with Crippen LogP contribution in [0.5, 0.6) is 0 Å². The molecule has 0 aliphatic carbocycles. The molecule has 2 heteroatoms. The molecule has 0 saturated carbocycles. The minimum absolute atomic E-state index is 0. The van der Waals surface area contributed by atoms with Gasteiger partial charge in [-0.15, -0.1) is 0 Å². The van der Waals surface area contributed by atoms with Crippen molar-refractivity contribution in [2.45, 2.75) is 34.1 Å². The maximum absolute atomic E-state index is 2.24. The molecule has 0 bridgehead atoms. The maximum atomic E-state index is 2.24. The van der Waals surface area contributed by atoms with Gasteiger partial charge in [0.25, 0.3) is 0 Å². The molecule has 0 aromatic rings. The Hall–Kier alpha value is -0.340. The van der Waals surface area contributed by atoms with Gasteiger partial charge in [-0.2, -0.15) is 0 Å². The molecule has 0 saturated heterocycles. The van der Waals surface area contributed by atoms with Crippen LogP contribution in [0, 0.1) is 5.41 Å². The zero-order valence-corrected chi connectivity index (χ0v) is 7.78. The van der Waals surface area contributed by atoms with E-state index in [4.69, 9.17) is 0 Å². The van der Waals surface area contributed by atoms with Gasteiger partial charge >= 0.3 is 0 Å². The van der Waals surface area contributed by atoms with Crippen molar-refractivity contribution < 1.29 is 0 Å². The van der Waals surface area contributed by atoms with E-state index in [2.05, 4.69) is 39.8 Å². The summed E-state index contributed by atoms with van der Waals surface area (Å²) in [4.78, 5) is 0. The summed E-state index contributed by atoms with van der Waals surface area (Å²) < 4.78 is 0. The van der Waals surface area contributed by atoms with Gasteiger partial charge in [-0.05, 0) is 18.8 Å². The zero-order valence-electron chi connectivity index (χ0n) is 7.78. The molecule has 10 heavy (non-hydrogen) atoms. The Morgan fingerprint density at radius 1 is 1.20 bits per heavy atom. The molecular weight excluding hydrogens is 124 g/mol. The summed E-state index contributed by atoms with van der Waals surface area (Å²) >= 11 is 0. The summed E-state index contributed by atoms with van der Waals surface area (Å²) in [5, 5.41) is 0. The predicted molar refractivity (Wildman–Crippen MR) is 48.9 cm³/mol. The highest BCUT2D eigenvalue weighted by atomic mass is 14.1. The van der Waals surface area contributed by atoms with Crippen molar-refractivity contribution in [3.8, 4) is 0 Å². The standard InChI is InChI=1S/C8H16.2H3N/c1-5-7-8(3,4)6-2;;/h5,7H,6H2,1-4H3;2*1H3/b7-5+;;.